The molecule has 0 saturated heterocycles. The number of aryl methyl sites for hydroxylation is 1. The first kappa shape index (κ1) is 9.10. The molecule has 0 bridgehead atoms. The molecule has 0 aliphatic carbocycles. The van der Waals surface area contributed by atoms with E-state index in [-0.39, 0.29) is 12.4 Å². The first-order valence-corrected chi connectivity index (χ1v) is 2.66. The van der Waals surface area contributed by atoms with Crippen molar-refractivity contribution in [2.45, 2.75) is 6.92 Å². The second-order valence-corrected chi connectivity index (χ2v) is 1.61. The minimum Gasteiger partial charge on any atom is -0.357 e. The Morgan fingerprint density at radius 2 is 2.10 bits per heavy atom. The number of anilines is 1. The normalized spacial score (nSPS) is 8.20. The van der Waals surface area contributed by atoms with Gasteiger partial charge in [0.05, 0.1) is 0 Å². The molecular weight excluding hydrogens is 152 g/mol. The molecule has 0 atom stereocenters. The van der Waals surface area contributed by atoms with Crippen LogP contribution in [0.25, 0.3) is 0 Å². The molecule has 10 heavy (non-hydrogen) atoms. The molecular formula is C5H9ClN4. The fourth-order valence-electron chi connectivity index (χ4n) is 0.499. The lowest BCUT2D eigenvalue weighted by Gasteiger charge is -1.94. The van der Waals surface area contributed by atoms with Gasteiger partial charge in [-0.1, -0.05) is 0 Å². The molecule has 0 aliphatic rings. The van der Waals surface area contributed by atoms with Crippen LogP contribution in [0, 0.1) is 6.92 Å². The zero-order chi connectivity index (χ0) is 6.69. The summed E-state index contributed by atoms with van der Waals surface area (Å²) in [6.45, 7) is 1.82. The van der Waals surface area contributed by atoms with Gasteiger partial charge < -0.3 is 5.32 Å². The van der Waals surface area contributed by atoms with E-state index in [1.807, 2.05) is 6.92 Å². The molecule has 0 saturated carbocycles. The van der Waals surface area contributed by atoms with Gasteiger partial charge in [-0.25, -0.2) is 9.97 Å². The highest BCUT2D eigenvalue weighted by Crippen LogP contribution is 1.91. The first-order chi connectivity index (χ1) is 4.33. The number of nitrogens with one attached hydrogen (secondary N) is 1. The second kappa shape index (κ2) is 4.00. The number of hydrogen-bond acceptors (Lipinski definition) is 4. The molecule has 0 spiro atoms. The van der Waals surface area contributed by atoms with Gasteiger partial charge in [-0.05, 0) is 6.92 Å². The number of nitrogens with zero attached hydrogens (tertiary/aromatic N) is 3. The van der Waals surface area contributed by atoms with Gasteiger partial charge in [0.15, 0.2) is 0 Å². The third-order valence-electron chi connectivity index (χ3n) is 0.916. The van der Waals surface area contributed by atoms with Gasteiger partial charge in [-0.15, -0.1) is 12.4 Å². The minimum atomic E-state index is 0. The molecule has 1 heterocycles. The number of aromatic nitrogens is 3. The molecule has 0 aliphatic heterocycles. The van der Waals surface area contributed by atoms with Crippen molar-refractivity contribution in [3.05, 3.63) is 12.2 Å². The van der Waals surface area contributed by atoms with Crippen LogP contribution in [-0.2, 0) is 0 Å². The van der Waals surface area contributed by atoms with Gasteiger partial charge in [-0.2, -0.15) is 4.98 Å². The molecule has 1 rings (SSSR count). The largest absolute Gasteiger partial charge is 0.357 e. The van der Waals surface area contributed by atoms with Crippen LogP contribution < -0.4 is 5.32 Å². The van der Waals surface area contributed by atoms with E-state index >= 15 is 0 Å². The Balaban J connectivity index is 0.000000810. The van der Waals surface area contributed by atoms with Crippen molar-refractivity contribution in [1.82, 2.24) is 15.0 Å². The highest BCUT2D eigenvalue weighted by molar-refractivity contribution is 5.85. The lowest BCUT2D eigenvalue weighted by molar-refractivity contribution is 0.977. The van der Waals surface area contributed by atoms with Gasteiger partial charge in [0.25, 0.3) is 0 Å². The Labute approximate surface area is 65.5 Å². The smallest absolute Gasteiger partial charge is 0.225 e. The Morgan fingerprint density at radius 1 is 1.40 bits per heavy atom. The van der Waals surface area contributed by atoms with E-state index in [1.54, 1.807) is 7.05 Å². The minimum absolute atomic E-state index is 0. The molecule has 0 radical (unpaired) electrons. The van der Waals surface area contributed by atoms with Crippen molar-refractivity contribution in [2.75, 3.05) is 12.4 Å². The molecule has 0 fully saturated rings. The molecule has 1 aromatic heterocycles. The number of halogens is 1. The van der Waals surface area contributed by atoms with Gasteiger partial charge >= 0.3 is 0 Å². The summed E-state index contributed by atoms with van der Waals surface area (Å²) in [4.78, 5) is 11.6. The molecule has 56 valence electrons. The quantitative estimate of drug-likeness (QED) is 0.655. The zero-order valence-electron chi connectivity index (χ0n) is 5.83. The predicted molar refractivity (Wildman–Crippen MR) is 41.4 cm³/mol. The molecule has 4 nitrogen and oxygen atoms in total. The Bertz CT molecular complexity index is 203. The van der Waals surface area contributed by atoms with E-state index in [9.17, 15) is 0 Å². The summed E-state index contributed by atoms with van der Waals surface area (Å²) in [6.07, 6.45) is 1.48. The van der Waals surface area contributed by atoms with Crippen LogP contribution in [-0.4, -0.2) is 22.0 Å². The molecule has 0 amide bonds. The highest BCUT2D eigenvalue weighted by atomic mass is 35.5. The molecule has 0 aromatic carbocycles. The fourth-order valence-corrected chi connectivity index (χ4v) is 0.499. The van der Waals surface area contributed by atoms with E-state index in [2.05, 4.69) is 20.3 Å². The first-order valence-electron chi connectivity index (χ1n) is 2.66. The van der Waals surface area contributed by atoms with E-state index in [0.29, 0.717) is 5.95 Å². The van der Waals surface area contributed by atoms with Crippen molar-refractivity contribution < 1.29 is 0 Å². The molecule has 0 unspecified atom stereocenters. The SMILES string of the molecule is CNc1ncnc(C)n1.Cl. The maximum absolute atomic E-state index is 3.96. The van der Waals surface area contributed by atoms with Crippen molar-refractivity contribution in [3.8, 4) is 0 Å². The van der Waals surface area contributed by atoms with Crippen molar-refractivity contribution in [1.29, 1.82) is 0 Å². The predicted octanol–water partition coefficient (Wildman–Crippen LogP) is 0.644. The molecule has 1 N–H and O–H groups in total. The molecule has 1 aromatic rings. The van der Waals surface area contributed by atoms with E-state index in [0.717, 1.165) is 5.82 Å². The van der Waals surface area contributed by atoms with Crippen LogP contribution in [0.1, 0.15) is 5.82 Å². The monoisotopic (exact) mass is 160 g/mol. The van der Waals surface area contributed by atoms with Crippen molar-refractivity contribution in [3.63, 3.8) is 0 Å². The van der Waals surface area contributed by atoms with Crippen molar-refractivity contribution in [2.24, 2.45) is 0 Å². The lowest BCUT2D eigenvalue weighted by atomic mass is 10.7. The third-order valence-corrected chi connectivity index (χ3v) is 0.916. The summed E-state index contributed by atoms with van der Waals surface area (Å²) < 4.78 is 0. The summed E-state index contributed by atoms with van der Waals surface area (Å²) in [6, 6.07) is 0. The summed E-state index contributed by atoms with van der Waals surface area (Å²) >= 11 is 0. The highest BCUT2D eigenvalue weighted by Gasteiger charge is 1.89. The topological polar surface area (TPSA) is 50.7 Å². The van der Waals surface area contributed by atoms with E-state index in [4.69, 9.17) is 0 Å². The summed E-state index contributed by atoms with van der Waals surface area (Å²) in [5, 5.41) is 2.81. The lowest BCUT2D eigenvalue weighted by Crippen LogP contribution is -1.98. The zero-order valence-corrected chi connectivity index (χ0v) is 6.64. The van der Waals surface area contributed by atoms with Gasteiger partial charge in [0, 0.05) is 7.05 Å². The van der Waals surface area contributed by atoms with Crippen LogP contribution in [0.2, 0.25) is 0 Å². The van der Waals surface area contributed by atoms with Gasteiger partial charge in [0.2, 0.25) is 5.95 Å². The molecule has 5 heteroatoms. The number of hydrogen-bond donors (Lipinski definition) is 1. The third kappa shape index (κ3) is 2.14. The fraction of sp³-hybridized carbons (Fsp3) is 0.400. The summed E-state index contributed by atoms with van der Waals surface area (Å²) in [5.41, 5.74) is 0. The summed E-state index contributed by atoms with van der Waals surface area (Å²) in [5.74, 6) is 1.34. The van der Waals surface area contributed by atoms with Crippen LogP contribution >= 0.6 is 12.4 Å². The van der Waals surface area contributed by atoms with Gasteiger partial charge in [0.1, 0.15) is 12.2 Å². The maximum Gasteiger partial charge on any atom is 0.225 e. The van der Waals surface area contributed by atoms with Crippen LogP contribution in [0.3, 0.4) is 0 Å². The Morgan fingerprint density at radius 3 is 2.50 bits per heavy atom. The Kier molecular flexibility index (Phi) is 3.64. The van der Waals surface area contributed by atoms with E-state index < -0.39 is 0 Å². The van der Waals surface area contributed by atoms with Crippen LogP contribution in [0.15, 0.2) is 6.33 Å². The van der Waals surface area contributed by atoms with Gasteiger partial charge in [-0.3, -0.25) is 0 Å². The maximum atomic E-state index is 3.96. The summed E-state index contributed by atoms with van der Waals surface area (Å²) in [7, 11) is 1.77. The van der Waals surface area contributed by atoms with Crippen molar-refractivity contribution >= 4 is 18.4 Å². The van der Waals surface area contributed by atoms with Crippen LogP contribution in [0.5, 0.6) is 0 Å². The Hall–Kier alpha value is -0.900. The van der Waals surface area contributed by atoms with E-state index in [1.165, 1.54) is 6.33 Å². The van der Waals surface area contributed by atoms with Crippen LogP contribution in [0.4, 0.5) is 5.95 Å². The standard InChI is InChI=1S/C5H8N4.ClH/c1-4-7-3-8-5(6-2)9-4;/h3H,1-2H3,(H,6,7,8,9);1H. The average Bonchev–Trinajstić information content (AvgIpc) is 1.88. The number of rotatable bonds is 1. The second-order valence-electron chi connectivity index (χ2n) is 1.61. The average molecular weight is 161 g/mol.